The summed E-state index contributed by atoms with van der Waals surface area (Å²) < 4.78 is 35.2. The topological polar surface area (TPSA) is 63.6 Å². The van der Waals surface area contributed by atoms with E-state index in [0.29, 0.717) is 30.1 Å². The number of aromatic nitrogens is 2. The van der Waals surface area contributed by atoms with Crippen LogP contribution in [0.3, 0.4) is 0 Å². The number of carbonyl (C=O) groups is 1. The van der Waals surface area contributed by atoms with Gasteiger partial charge in [-0.15, -0.1) is 11.3 Å². The first kappa shape index (κ1) is 19.5. The van der Waals surface area contributed by atoms with E-state index in [2.05, 4.69) is 10.1 Å². The highest BCUT2D eigenvalue weighted by Gasteiger charge is 2.29. The lowest BCUT2D eigenvalue weighted by molar-refractivity contribution is -0.129. The predicted molar refractivity (Wildman–Crippen MR) is 105 cm³/mol. The molecule has 0 spiro atoms. The fraction of sp³-hybridized carbons (Fsp3) is 0.350. The molecule has 0 bridgehead atoms. The van der Waals surface area contributed by atoms with Gasteiger partial charge in [-0.2, -0.15) is 0 Å². The van der Waals surface area contributed by atoms with Gasteiger partial charge in [0.15, 0.2) is 22.2 Å². The van der Waals surface area contributed by atoms with Gasteiger partial charge >= 0.3 is 0 Å². The zero-order chi connectivity index (χ0) is 20.5. The van der Waals surface area contributed by atoms with E-state index in [4.69, 9.17) is 4.52 Å². The maximum atomic E-state index is 14.2. The Labute approximate surface area is 170 Å². The first-order valence-electron chi connectivity index (χ1n) is 9.38. The highest BCUT2D eigenvalue weighted by atomic mass is 32.1. The maximum Gasteiger partial charge on any atom is 0.222 e. The fourth-order valence-electron chi connectivity index (χ4n) is 3.50. The molecule has 152 valence electrons. The molecule has 3 aromatic rings. The zero-order valence-corrected chi connectivity index (χ0v) is 16.9. The second kappa shape index (κ2) is 7.90. The third-order valence-corrected chi connectivity index (χ3v) is 5.79. The van der Waals surface area contributed by atoms with Crippen molar-refractivity contribution in [2.45, 2.75) is 32.7 Å². The molecule has 0 radical (unpaired) electrons. The molecule has 0 saturated carbocycles. The minimum Gasteiger partial charge on any atom is -0.354 e. The Morgan fingerprint density at radius 1 is 1.41 bits per heavy atom. The SMILES string of the molecule is CCC(=O)N1CCC(n2c(-c3cc(C)no3)csc2=Nc2cccc(F)c2F)C1. The molecule has 4 rings (SSSR count). The van der Waals surface area contributed by atoms with E-state index in [0.717, 1.165) is 23.9 Å². The van der Waals surface area contributed by atoms with Gasteiger partial charge in [0.25, 0.3) is 0 Å². The van der Waals surface area contributed by atoms with Crippen molar-refractivity contribution < 1.29 is 18.1 Å². The number of hydrogen-bond acceptors (Lipinski definition) is 5. The van der Waals surface area contributed by atoms with Crippen LogP contribution in [0.15, 0.2) is 39.2 Å². The molecule has 0 N–H and O–H groups in total. The second-order valence-corrected chi connectivity index (χ2v) is 7.76. The van der Waals surface area contributed by atoms with Crippen LogP contribution in [0.2, 0.25) is 0 Å². The Morgan fingerprint density at radius 3 is 2.97 bits per heavy atom. The van der Waals surface area contributed by atoms with E-state index >= 15 is 0 Å². The number of nitrogens with zero attached hydrogens (tertiary/aromatic N) is 4. The summed E-state index contributed by atoms with van der Waals surface area (Å²) >= 11 is 1.31. The molecule has 9 heteroatoms. The van der Waals surface area contributed by atoms with Crippen LogP contribution in [0.25, 0.3) is 11.5 Å². The van der Waals surface area contributed by atoms with Crippen molar-refractivity contribution in [3.63, 3.8) is 0 Å². The lowest BCUT2D eigenvalue weighted by Gasteiger charge is -2.17. The van der Waals surface area contributed by atoms with Gasteiger partial charge in [-0.1, -0.05) is 18.1 Å². The average molecular weight is 418 g/mol. The maximum absolute atomic E-state index is 14.2. The lowest BCUT2D eigenvalue weighted by Crippen LogP contribution is -2.30. The number of benzene rings is 1. The molecule has 1 fully saturated rings. The van der Waals surface area contributed by atoms with E-state index in [-0.39, 0.29) is 17.6 Å². The Hall–Kier alpha value is -2.81. The number of halogens is 2. The molecule has 2 aromatic heterocycles. The van der Waals surface area contributed by atoms with Gasteiger partial charge in [0.05, 0.1) is 17.4 Å². The summed E-state index contributed by atoms with van der Waals surface area (Å²) in [6.07, 6.45) is 1.18. The minimum atomic E-state index is -0.987. The van der Waals surface area contributed by atoms with Crippen molar-refractivity contribution in [1.82, 2.24) is 14.6 Å². The molecule has 6 nitrogen and oxygen atoms in total. The number of carbonyl (C=O) groups excluding carboxylic acids is 1. The van der Waals surface area contributed by atoms with Gasteiger partial charge in [0.2, 0.25) is 5.91 Å². The first-order chi connectivity index (χ1) is 14.0. The van der Waals surface area contributed by atoms with Crippen LogP contribution in [-0.2, 0) is 4.79 Å². The minimum absolute atomic E-state index is 0.0486. The van der Waals surface area contributed by atoms with Crippen molar-refractivity contribution in [2.24, 2.45) is 4.99 Å². The summed E-state index contributed by atoms with van der Waals surface area (Å²) in [5.74, 6) is -1.27. The molecule has 1 saturated heterocycles. The number of aryl methyl sites for hydroxylation is 1. The molecule has 1 atom stereocenters. The number of amides is 1. The molecule has 1 aliphatic heterocycles. The monoisotopic (exact) mass is 418 g/mol. The van der Waals surface area contributed by atoms with Crippen molar-refractivity contribution in [3.8, 4) is 11.5 Å². The molecular weight excluding hydrogens is 398 g/mol. The summed E-state index contributed by atoms with van der Waals surface area (Å²) in [7, 11) is 0. The van der Waals surface area contributed by atoms with Crippen LogP contribution in [0.4, 0.5) is 14.5 Å². The van der Waals surface area contributed by atoms with Gasteiger partial charge < -0.3 is 14.0 Å². The van der Waals surface area contributed by atoms with Crippen molar-refractivity contribution in [3.05, 3.63) is 51.8 Å². The highest BCUT2D eigenvalue weighted by molar-refractivity contribution is 7.07. The van der Waals surface area contributed by atoms with E-state index in [9.17, 15) is 13.6 Å². The standard InChI is InChI=1S/C20H20F2N4O2S/c1-3-18(27)25-8-7-13(10-25)26-16(17-9-12(2)24-28-17)11-29-20(26)23-15-6-4-5-14(21)19(15)22/h4-6,9,11,13H,3,7-8,10H2,1-2H3. The summed E-state index contributed by atoms with van der Waals surface area (Å²) in [5, 5.41) is 5.81. The molecule has 3 heterocycles. The van der Waals surface area contributed by atoms with Crippen LogP contribution < -0.4 is 4.80 Å². The van der Waals surface area contributed by atoms with Crippen molar-refractivity contribution >= 4 is 22.9 Å². The molecule has 29 heavy (non-hydrogen) atoms. The van der Waals surface area contributed by atoms with E-state index in [1.165, 1.54) is 23.5 Å². The average Bonchev–Trinajstić information content (AvgIpc) is 3.44. The predicted octanol–water partition coefficient (Wildman–Crippen LogP) is 4.21. The Kier molecular flexibility index (Phi) is 5.31. The molecule has 1 amide bonds. The molecular formula is C20H20F2N4O2S. The quantitative estimate of drug-likeness (QED) is 0.638. The summed E-state index contributed by atoms with van der Waals surface area (Å²) in [6, 6.07) is 5.68. The van der Waals surface area contributed by atoms with Crippen LogP contribution in [-0.4, -0.2) is 33.6 Å². The van der Waals surface area contributed by atoms with Crippen LogP contribution >= 0.6 is 11.3 Å². The lowest BCUT2D eigenvalue weighted by atomic mass is 10.2. The number of rotatable bonds is 4. The van der Waals surface area contributed by atoms with Gasteiger partial charge in [0, 0.05) is 31.0 Å². The molecule has 0 aliphatic carbocycles. The number of hydrogen-bond donors (Lipinski definition) is 0. The smallest absolute Gasteiger partial charge is 0.222 e. The van der Waals surface area contributed by atoms with Gasteiger partial charge in [0.1, 0.15) is 5.69 Å². The summed E-state index contributed by atoms with van der Waals surface area (Å²) in [5.41, 5.74) is 1.42. The third-order valence-electron chi connectivity index (χ3n) is 4.95. The Balaban J connectivity index is 1.83. The Bertz CT molecular complexity index is 1120. The van der Waals surface area contributed by atoms with Crippen molar-refractivity contribution in [1.29, 1.82) is 0 Å². The highest BCUT2D eigenvalue weighted by Crippen LogP contribution is 2.30. The van der Waals surface area contributed by atoms with Gasteiger partial charge in [-0.25, -0.2) is 13.8 Å². The number of thiazole rings is 1. The van der Waals surface area contributed by atoms with Crippen LogP contribution in [0, 0.1) is 18.6 Å². The second-order valence-electron chi connectivity index (χ2n) is 6.93. The van der Waals surface area contributed by atoms with Gasteiger partial charge in [-0.05, 0) is 25.5 Å². The van der Waals surface area contributed by atoms with E-state index in [1.807, 2.05) is 34.8 Å². The third kappa shape index (κ3) is 3.74. The summed E-state index contributed by atoms with van der Waals surface area (Å²) in [4.78, 5) is 18.8. The van der Waals surface area contributed by atoms with Gasteiger partial charge in [-0.3, -0.25) is 4.79 Å². The molecule has 1 aromatic carbocycles. The van der Waals surface area contributed by atoms with Crippen LogP contribution in [0.5, 0.6) is 0 Å². The molecule has 1 unspecified atom stereocenters. The largest absolute Gasteiger partial charge is 0.354 e. The number of likely N-dealkylation sites (tertiary alicyclic amines) is 1. The fourth-order valence-corrected chi connectivity index (χ4v) is 4.46. The molecule has 1 aliphatic rings. The zero-order valence-electron chi connectivity index (χ0n) is 16.1. The normalized spacial score (nSPS) is 17.3. The Morgan fingerprint density at radius 2 is 2.24 bits per heavy atom. The van der Waals surface area contributed by atoms with E-state index < -0.39 is 11.6 Å². The van der Waals surface area contributed by atoms with Crippen molar-refractivity contribution in [2.75, 3.05) is 13.1 Å². The first-order valence-corrected chi connectivity index (χ1v) is 10.3. The summed E-state index contributed by atoms with van der Waals surface area (Å²) in [6.45, 7) is 4.84. The van der Waals surface area contributed by atoms with Crippen LogP contribution in [0.1, 0.15) is 31.5 Å². The van der Waals surface area contributed by atoms with E-state index in [1.54, 1.807) is 0 Å².